The summed E-state index contributed by atoms with van der Waals surface area (Å²) in [5.74, 6) is 4.43. The summed E-state index contributed by atoms with van der Waals surface area (Å²) in [6, 6.07) is 0. The van der Waals surface area contributed by atoms with Gasteiger partial charge in [-0.3, -0.25) is 18.8 Å². The van der Waals surface area contributed by atoms with E-state index < -0.39 is 10.6 Å². The summed E-state index contributed by atoms with van der Waals surface area (Å²) in [4.78, 5) is 14.1. The molecule has 1 aliphatic heterocycles. The van der Waals surface area contributed by atoms with Crippen molar-refractivity contribution in [2.45, 2.75) is 131 Å². The Morgan fingerprint density at radius 1 is 0.979 bits per heavy atom. The van der Waals surface area contributed by atoms with E-state index in [2.05, 4.69) is 64.4 Å². The van der Waals surface area contributed by atoms with E-state index in [9.17, 15) is 13.9 Å². The zero-order chi connectivity index (χ0) is 34.8. The molecule has 0 bridgehead atoms. The molecule has 3 N–H and O–H groups in total. The Morgan fingerprint density at radius 2 is 1.71 bits per heavy atom. The summed E-state index contributed by atoms with van der Waals surface area (Å²) in [6.07, 6.45) is 18.0. The van der Waals surface area contributed by atoms with Crippen molar-refractivity contribution in [3.63, 3.8) is 0 Å². The smallest absolute Gasteiger partial charge is 0.305 e. The van der Waals surface area contributed by atoms with E-state index in [0.29, 0.717) is 51.9 Å². The van der Waals surface area contributed by atoms with Crippen molar-refractivity contribution < 1.29 is 18.6 Å². The van der Waals surface area contributed by atoms with Crippen molar-refractivity contribution in [3.8, 4) is 0 Å². The van der Waals surface area contributed by atoms with Gasteiger partial charge >= 0.3 is 5.97 Å². The Labute approximate surface area is 295 Å². The largest absolute Gasteiger partial charge is 0.469 e. The van der Waals surface area contributed by atoms with Crippen LogP contribution in [0.5, 0.6) is 0 Å². The molecule has 1 saturated heterocycles. The molecule has 0 unspecified atom stereocenters. The van der Waals surface area contributed by atoms with Crippen molar-refractivity contribution in [1.29, 1.82) is 0 Å². The van der Waals surface area contributed by atoms with Gasteiger partial charge in [-0.1, -0.05) is 58.4 Å². The highest BCUT2D eigenvalue weighted by Crippen LogP contribution is 2.76. The van der Waals surface area contributed by atoms with Gasteiger partial charge in [0.2, 0.25) is 0 Å². The summed E-state index contributed by atoms with van der Waals surface area (Å²) < 4.78 is 25.1. The molecule has 7 heteroatoms. The number of unbranched alkanes of at least 4 members (excludes halogenated alkanes) is 1. The number of hydrogen-bond acceptors (Lipinski definition) is 6. The van der Waals surface area contributed by atoms with Gasteiger partial charge < -0.3 is 10.1 Å². The van der Waals surface area contributed by atoms with Crippen LogP contribution in [-0.4, -0.2) is 70.3 Å². The molecule has 274 valence electrons. The summed E-state index contributed by atoms with van der Waals surface area (Å²) >= 11 is 0. The molecule has 6 aliphatic rings. The molecule has 48 heavy (non-hydrogen) atoms. The molecule has 5 aliphatic carbocycles. The van der Waals surface area contributed by atoms with Crippen molar-refractivity contribution >= 4 is 16.6 Å². The van der Waals surface area contributed by atoms with Crippen LogP contribution in [0.4, 0.5) is 0 Å². The quantitative estimate of drug-likeness (QED) is 0.121. The van der Waals surface area contributed by atoms with Gasteiger partial charge in [-0.2, -0.15) is 10.6 Å². The standard InChI is InChI=1S/C41H70N2O4S/c1-29(2)31-16-20-41(42-23-24-43-25-27-48(45,46)28-26-43)22-21-39(6)32(36(31)41)13-14-34-38(5)18-15-30(11-9-10-12-35(44)47-8)37(3,4)33(38)17-19-40(34,39)7/h15,31-34,36,42,45-46H,1,9-14,16-28H2,2-8H3/t31-,32+,33-,34+,36+,38-,39+,40+,41-/m0/s1. The molecule has 5 fully saturated rings. The van der Waals surface area contributed by atoms with Crippen LogP contribution in [0.25, 0.3) is 0 Å². The minimum absolute atomic E-state index is 0.0842. The van der Waals surface area contributed by atoms with Crippen molar-refractivity contribution in [2.24, 2.45) is 51.2 Å². The lowest BCUT2D eigenvalue weighted by atomic mass is 9.33. The third-order valence-corrected chi connectivity index (χ3v) is 18.2. The zero-order valence-corrected chi connectivity index (χ0v) is 32.5. The number of nitrogens with zero attached hydrogens (tertiary/aromatic N) is 1. The maximum atomic E-state index is 11.7. The van der Waals surface area contributed by atoms with Crippen LogP contribution in [-0.2, 0) is 9.53 Å². The second kappa shape index (κ2) is 13.3. The third-order valence-electron chi connectivity index (χ3n) is 16.5. The van der Waals surface area contributed by atoms with Crippen LogP contribution in [0.2, 0.25) is 0 Å². The lowest BCUT2D eigenvalue weighted by molar-refractivity contribution is -0.221. The maximum absolute atomic E-state index is 11.7. The molecule has 6 nitrogen and oxygen atoms in total. The fourth-order valence-electron chi connectivity index (χ4n) is 13.7. The molecule has 0 spiro atoms. The predicted octanol–water partition coefficient (Wildman–Crippen LogP) is 9.32. The van der Waals surface area contributed by atoms with Crippen molar-refractivity contribution in [1.82, 2.24) is 10.2 Å². The van der Waals surface area contributed by atoms with Gasteiger partial charge in [-0.15, -0.1) is 0 Å². The number of ether oxygens (including phenoxy) is 1. The number of carbonyl (C=O) groups is 1. The van der Waals surface area contributed by atoms with E-state index in [1.807, 2.05) is 0 Å². The normalized spacial score (nSPS) is 43.9. The first-order valence-corrected chi connectivity index (χ1v) is 21.5. The molecule has 6 rings (SSSR count). The Balaban J connectivity index is 1.20. The number of allylic oxidation sites excluding steroid dienone is 3. The van der Waals surface area contributed by atoms with Gasteiger partial charge in [0.25, 0.3) is 0 Å². The van der Waals surface area contributed by atoms with E-state index in [0.717, 1.165) is 57.3 Å². The van der Waals surface area contributed by atoms with Gasteiger partial charge in [0.15, 0.2) is 0 Å². The first-order valence-electron chi connectivity index (χ1n) is 19.7. The lowest BCUT2D eigenvalue weighted by Gasteiger charge is -2.72. The highest BCUT2D eigenvalue weighted by molar-refractivity contribution is 8.24. The van der Waals surface area contributed by atoms with E-state index in [4.69, 9.17) is 4.74 Å². The monoisotopic (exact) mass is 687 g/mol. The minimum Gasteiger partial charge on any atom is -0.469 e. The molecule has 0 aromatic heterocycles. The highest BCUT2D eigenvalue weighted by atomic mass is 32.3. The first-order chi connectivity index (χ1) is 22.5. The third kappa shape index (κ3) is 6.09. The predicted molar refractivity (Wildman–Crippen MR) is 200 cm³/mol. The van der Waals surface area contributed by atoms with Gasteiger partial charge in [-0.25, -0.2) is 0 Å². The lowest BCUT2D eigenvalue weighted by Crippen LogP contribution is -2.68. The molecular formula is C41H70N2O4S. The Kier molecular flexibility index (Phi) is 10.2. The van der Waals surface area contributed by atoms with Crippen molar-refractivity contribution in [2.75, 3.05) is 44.8 Å². The Hall–Kier alpha value is -0.860. The summed E-state index contributed by atoms with van der Waals surface area (Å²) in [5.41, 5.74) is 4.44. The second-order valence-electron chi connectivity index (χ2n) is 18.8. The van der Waals surface area contributed by atoms with E-state index in [-0.39, 0.29) is 16.9 Å². The maximum Gasteiger partial charge on any atom is 0.305 e. The Morgan fingerprint density at radius 3 is 2.40 bits per heavy atom. The van der Waals surface area contributed by atoms with Crippen LogP contribution >= 0.6 is 10.6 Å². The molecule has 9 atom stereocenters. The number of rotatable bonds is 10. The summed E-state index contributed by atoms with van der Waals surface area (Å²) in [6.45, 7) is 23.8. The molecule has 1 heterocycles. The second-order valence-corrected chi connectivity index (χ2v) is 21.2. The molecule has 4 saturated carbocycles. The average Bonchev–Trinajstić information content (AvgIpc) is 3.41. The average molecular weight is 687 g/mol. The molecule has 0 radical (unpaired) electrons. The van der Waals surface area contributed by atoms with Crippen LogP contribution in [0.3, 0.4) is 0 Å². The number of nitrogens with one attached hydrogen (secondary N) is 1. The zero-order valence-electron chi connectivity index (χ0n) is 31.7. The van der Waals surface area contributed by atoms with E-state index >= 15 is 0 Å². The van der Waals surface area contributed by atoms with Gasteiger partial charge in [-0.05, 0) is 135 Å². The fraction of sp³-hybridized carbons (Fsp3) is 0.878. The number of fused-ring (bicyclic) bond motifs is 7. The van der Waals surface area contributed by atoms with Crippen LogP contribution in [0, 0.1) is 51.2 Å². The van der Waals surface area contributed by atoms with Gasteiger partial charge in [0.1, 0.15) is 0 Å². The van der Waals surface area contributed by atoms with Crippen LogP contribution in [0.15, 0.2) is 23.8 Å². The molecule has 0 aromatic rings. The molecule has 0 aromatic carbocycles. The number of esters is 1. The first kappa shape index (κ1) is 36.9. The SMILES string of the molecule is C=C(C)[C@@H]1CC[C@]2(NCCN3CCS(O)(O)CC3)CC[C@]3(C)[C@H](CC[C@@H]4[C@@]5(C)CC=C(CCCCC(=O)OC)C(C)(C)[C@@H]5CC[C@]43C)[C@@H]12. The summed E-state index contributed by atoms with van der Waals surface area (Å²) in [5, 5.41) is 4.25. The van der Waals surface area contributed by atoms with Gasteiger partial charge in [0.05, 0.1) is 18.6 Å². The van der Waals surface area contributed by atoms with Crippen molar-refractivity contribution in [3.05, 3.63) is 23.8 Å². The highest BCUT2D eigenvalue weighted by Gasteiger charge is 2.70. The fourth-order valence-corrected chi connectivity index (χ4v) is 15.0. The van der Waals surface area contributed by atoms with E-state index in [1.54, 1.807) is 5.57 Å². The number of carbonyl (C=O) groups excluding carboxylic acids is 1. The Bertz CT molecular complexity index is 1250. The van der Waals surface area contributed by atoms with Gasteiger partial charge in [0, 0.05) is 38.1 Å². The van der Waals surface area contributed by atoms with E-state index in [1.165, 1.54) is 70.5 Å². The summed E-state index contributed by atoms with van der Waals surface area (Å²) in [7, 11) is -0.855. The topological polar surface area (TPSA) is 82.0 Å². The number of hydrogen-bond donors (Lipinski definition) is 3. The number of methoxy groups -OCH3 is 1. The minimum atomic E-state index is -2.35. The molecular weight excluding hydrogens is 617 g/mol. The molecule has 0 amide bonds. The van der Waals surface area contributed by atoms with Crippen LogP contribution in [0.1, 0.15) is 125 Å². The van der Waals surface area contributed by atoms with Crippen LogP contribution < -0.4 is 5.32 Å².